The van der Waals surface area contributed by atoms with Gasteiger partial charge < -0.3 is 40.7 Å². The normalized spacial score (nSPS) is 32.7. The molecule has 16 nitrogen and oxygen atoms in total. The van der Waals surface area contributed by atoms with Gasteiger partial charge in [-0.1, -0.05) is 11.8 Å². The number of halogens is 1. The lowest BCUT2D eigenvalue weighted by atomic mass is 9.83. The topological polar surface area (TPSA) is 237 Å². The van der Waals surface area contributed by atoms with Crippen molar-refractivity contribution in [3.05, 3.63) is 45.2 Å². The highest BCUT2D eigenvalue weighted by Gasteiger charge is 2.61. The first-order valence-corrected chi connectivity index (χ1v) is 13.4. The van der Waals surface area contributed by atoms with Crippen LogP contribution in [0, 0.1) is 35.4 Å². The van der Waals surface area contributed by atoms with Crippen molar-refractivity contribution >= 4 is 11.6 Å². The lowest BCUT2D eigenvalue weighted by Crippen LogP contribution is -2.50. The van der Waals surface area contributed by atoms with Crippen molar-refractivity contribution in [3.63, 3.8) is 0 Å². The Morgan fingerprint density at radius 1 is 1.09 bits per heavy atom. The third-order valence-electron chi connectivity index (χ3n) is 7.40. The molecule has 10 atom stereocenters. The average molecular weight is 621 g/mol. The molecule has 4 heterocycles. The van der Waals surface area contributed by atoms with Crippen molar-refractivity contribution in [1.29, 1.82) is 0 Å². The number of hydrogen-bond acceptors (Lipinski definition) is 14. The van der Waals surface area contributed by atoms with Gasteiger partial charge in [0.15, 0.2) is 29.7 Å². The van der Waals surface area contributed by atoms with Crippen LogP contribution in [0.5, 0.6) is 0 Å². The molecule has 0 aromatic carbocycles. The van der Waals surface area contributed by atoms with Crippen LogP contribution in [0.15, 0.2) is 28.0 Å². The molecule has 238 valence electrons. The summed E-state index contributed by atoms with van der Waals surface area (Å²) in [4.78, 5) is 39.0. The summed E-state index contributed by atoms with van der Waals surface area (Å²) in [5.74, 6) is 6.89. The molecule has 0 spiro atoms. The number of ether oxygens (including phenoxy) is 2. The summed E-state index contributed by atoms with van der Waals surface area (Å²) < 4.78 is 28.5. The van der Waals surface area contributed by atoms with Gasteiger partial charge in [-0.2, -0.15) is 9.97 Å². The van der Waals surface area contributed by atoms with Gasteiger partial charge in [-0.15, -0.1) is 11.8 Å². The summed E-state index contributed by atoms with van der Waals surface area (Å²) in [6.07, 6.45) is -8.19. The summed E-state index contributed by atoms with van der Waals surface area (Å²) in [7, 11) is 0. The molecule has 2 aliphatic rings. The maximum atomic E-state index is 15.5. The number of nitrogens with one attached hydrogen (secondary N) is 1. The average Bonchev–Trinajstić information content (AvgIpc) is 3.41. The van der Waals surface area contributed by atoms with Crippen molar-refractivity contribution in [1.82, 2.24) is 19.1 Å². The second kappa shape index (κ2) is 12.6. The fraction of sp³-hybridized carbons (Fsp3) is 0.556. The zero-order valence-electron chi connectivity index (χ0n) is 24.1. The van der Waals surface area contributed by atoms with Crippen LogP contribution in [-0.4, -0.2) is 93.0 Å². The van der Waals surface area contributed by atoms with Crippen molar-refractivity contribution in [2.24, 2.45) is 5.92 Å². The second-order valence-electron chi connectivity index (χ2n) is 10.4. The first-order chi connectivity index (χ1) is 20.7. The van der Waals surface area contributed by atoms with E-state index in [-0.39, 0.29) is 5.82 Å². The number of aliphatic hydroxyl groups is 5. The van der Waals surface area contributed by atoms with Crippen LogP contribution in [-0.2, 0) is 14.3 Å². The Balaban J connectivity index is 1.75. The number of anilines is 2. The van der Waals surface area contributed by atoms with Crippen molar-refractivity contribution in [2.75, 3.05) is 17.8 Å². The van der Waals surface area contributed by atoms with Crippen LogP contribution < -0.4 is 22.6 Å². The summed E-state index contributed by atoms with van der Waals surface area (Å²) >= 11 is 0. The fourth-order valence-corrected chi connectivity index (χ4v) is 5.37. The molecule has 8 N–H and O–H groups in total. The molecular formula is C27H33FN6O10. The minimum absolute atomic E-state index is 0.0940. The molecule has 0 saturated carbocycles. The minimum atomic E-state index is -2.42. The van der Waals surface area contributed by atoms with E-state index in [9.17, 15) is 35.1 Å². The Kier molecular flexibility index (Phi) is 9.45. The van der Waals surface area contributed by atoms with Crippen LogP contribution in [0.4, 0.5) is 16.0 Å². The SMILES string of the molecule is CC#CC1(ONc2nc(=O)n([C@@H]3O[C@H]([C@H](C)O)[C@H](O)C3(O)C#CC)cc2F)C(CO)[C@@H]([C@H](C)O)O[C@H]1n1ccc(N)nc1=O. The van der Waals surface area contributed by atoms with Crippen molar-refractivity contribution in [2.45, 2.75) is 81.9 Å². The molecule has 17 heteroatoms. The maximum Gasteiger partial charge on any atom is 0.352 e. The highest BCUT2D eigenvalue weighted by Crippen LogP contribution is 2.46. The molecule has 0 radical (unpaired) electrons. The van der Waals surface area contributed by atoms with E-state index in [0.717, 1.165) is 4.57 Å². The molecule has 2 aliphatic heterocycles. The molecule has 4 rings (SSSR count). The van der Waals surface area contributed by atoms with E-state index in [1.807, 2.05) is 0 Å². The second-order valence-corrected chi connectivity index (χ2v) is 10.4. The van der Waals surface area contributed by atoms with E-state index in [1.54, 1.807) is 0 Å². The van der Waals surface area contributed by atoms with E-state index in [2.05, 4.69) is 39.1 Å². The minimum Gasteiger partial charge on any atom is -0.396 e. The number of nitrogens with zero attached hydrogens (tertiary/aromatic N) is 4. The van der Waals surface area contributed by atoms with Gasteiger partial charge in [-0.3, -0.25) is 9.13 Å². The van der Waals surface area contributed by atoms with Crippen molar-refractivity contribution < 1.29 is 44.2 Å². The smallest absolute Gasteiger partial charge is 0.352 e. The highest BCUT2D eigenvalue weighted by atomic mass is 19.1. The Morgan fingerprint density at radius 3 is 2.27 bits per heavy atom. The lowest BCUT2D eigenvalue weighted by molar-refractivity contribution is -0.100. The van der Waals surface area contributed by atoms with Crippen LogP contribution in [0.2, 0.25) is 0 Å². The third-order valence-corrected chi connectivity index (χ3v) is 7.40. The Labute approximate surface area is 249 Å². The van der Waals surface area contributed by atoms with Gasteiger partial charge in [0.05, 0.1) is 37.0 Å². The molecular weight excluding hydrogens is 587 g/mol. The molecule has 2 aromatic rings. The monoisotopic (exact) mass is 620 g/mol. The number of hydrogen-bond donors (Lipinski definition) is 7. The fourth-order valence-electron chi connectivity index (χ4n) is 5.37. The van der Waals surface area contributed by atoms with Crippen molar-refractivity contribution in [3.8, 4) is 23.7 Å². The van der Waals surface area contributed by atoms with Gasteiger partial charge in [0, 0.05) is 6.20 Å². The van der Waals surface area contributed by atoms with Gasteiger partial charge in [0.1, 0.15) is 18.0 Å². The standard InChI is InChI=1S/C27H33FN6O10/c1-5-8-26(41)20(38)19(14(4)37)43-22(26)34-11-16(28)21(31-25(34)40)32-44-27(9-6-2)15(12-35)18(13(3)36)42-23(27)33-10-7-17(29)30-24(33)39/h7,10-11,13-15,18-20,22-23,35-38,41H,12H2,1-4H3,(H2,29,30,39)(H,31,32,40)/t13-,14-,15?,18+,19+,20-,22+,23+,26?,27?/m0/s1. The first kappa shape index (κ1) is 33.0. The predicted molar refractivity (Wildman–Crippen MR) is 148 cm³/mol. The first-order valence-electron chi connectivity index (χ1n) is 13.4. The number of nitrogens with two attached hydrogens (primary N) is 1. The maximum absolute atomic E-state index is 15.5. The van der Waals surface area contributed by atoms with E-state index >= 15 is 4.39 Å². The molecule has 2 saturated heterocycles. The van der Waals surface area contributed by atoms with Gasteiger partial charge >= 0.3 is 11.4 Å². The summed E-state index contributed by atoms with van der Waals surface area (Å²) in [5.41, 5.74) is 1.34. The zero-order valence-corrected chi connectivity index (χ0v) is 24.1. The number of aromatic nitrogens is 4. The Hall–Kier alpha value is -3.91. The predicted octanol–water partition coefficient (Wildman–Crippen LogP) is -2.39. The van der Waals surface area contributed by atoms with E-state index in [0.29, 0.717) is 10.8 Å². The third kappa shape index (κ3) is 5.56. The van der Waals surface area contributed by atoms with Gasteiger partial charge in [-0.05, 0) is 33.8 Å². The lowest BCUT2D eigenvalue weighted by Gasteiger charge is -2.33. The van der Waals surface area contributed by atoms with E-state index in [1.165, 1.54) is 40.0 Å². The summed E-state index contributed by atoms with van der Waals surface area (Å²) in [5, 5.41) is 52.4. The van der Waals surface area contributed by atoms with Crippen LogP contribution in [0.25, 0.3) is 0 Å². The molecule has 44 heavy (non-hydrogen) atoms. The number of rotatable bonds is 8. The van der Waals surface area contributed by atoms with Crippen LogP contribution in [0.3, 0.4) is 0 Å². The number of nitrogen functional groups attached to an aromatic ring is 1. The molecule has 2 aromatic heterocycles. The van der Waals surface area contributed by atoms with Crippen LogP contribution in [0.1, 0.15) is 40.2 Å². The summed E-state index contributed by atoms with van der Waals surface area (Å²) in [6, 6.07) is 1.29. The zero-order chi connectivity index (χ0) is 32.6. The van der Waals surface area contributed by atoms with E-state index in [4.69, 9.17) is 20.0 Å². The molecule has 0 bridgehead atoms. The van der Waals surface area contributed by atoms with E-state index < -0.39 is 89.7 Å². The molecule has 0 aliphatic carbocycles. The van der Waals surface area contributed by atoms with Gasteiger partial charge in [0.25, 0.3) is 0 Å². The largest absolute Gasteiger partial charge is 0.396 e. The van der Waals surface area contributed by atoms with Gasteiger partial charge in [-0.25, -0.2) is 24.3 Å². The summed E-state index contributed by atoms with van der Waals surface area (Å²) in [6.45, 7) is 4.77. The molecule has 3 unspecified atom stereocenters. The molecule has 2 fully saturated rings. The quantitative estimate of drug-likeness (QED) is 0.120. The van der Waals surface area contributed by atoms with Crippen LogP contribution >= 0.6 is 0 Å². The van der Waals surface area contributed by atoms with Gasteiger partial charge in [0.2, 0.25) is 5.60 Å². The number of aliphatic hydroxyl groups excluding tert-OH is 4. The Morgan fingerprint density at radius 2 is 1.70 bits per heavy atom. The Bertz CT molecular complexity index is 1630. The highest BCUT2D eigenvalue weighted by molar-refractivity contribution is 5.34. The molecule has 0 amide bonds.